The Morgan fingerprint density at radius 1 is 1.05 bits per heavy atom. The molecule has 0 aliphatic heterocycles. The maximum Gasteiger partial charge on any atom is 0.314 e. The lowest BCUT2D eigenvalue weighted by Gasteiger charge is -2.07. The van der Waals surface area contributed by atoms with E-state index in [1.165, 1.54) is 17.0 Å². The average Bonchev–Trinajstić information content (AvgIpc) is 2.94. The largest absolute Gasteiger partial charge is 0.338 e. The summed E-state index contributed by atoms with van der Waals surface area (Å²) in [6, 6.07) is 10.2. The van der Waals surface area contributed by atoms with Crippen LogP contribution in [0.2, 0.25) is 0 Å². The molecule has 1 aromatic heterocycles. The van der Waals surface area contributed by atoms with E-state index in [-0.39, 0.29) is 11.8 Å². The second-order valence-corrected chi connectivity index (χ2v) is 5.42. The minimum Gasteiger partial charge on any atom is -0.338 e. The topological polar surface area (TPSA) is 41.1 Å². The summed E-state index contributed by atoms with van der Waals surface area (Å²) in [6.07, 6.45) is 1.54. The van der Waals surface area contributed by atoms with Crippen LogP contribution in [-0.4, -0.2) is 19.1 Å². The number of hydrogen-bond donors (Lipinski definition) is 2. The summed E-state index contributed by atoms with van der Waals surface area (Å²) in [5.41, 5.74) is 1.00. The van der Waals surface area contributed by atoms with Crippen LogP contribution in [0.4, 0.5) is 9.18 Å². The van der Waals surface area contributed by atoms with Gasteiger partial charge in [0.2, 0.25) is 0 Å². The van der Waals surface area contributed by atoms with Gasteiger partial charge in [0.25, 0.3) is 0 Å². The van der Waals surface area contributed by atoms with E-state index in [0.717, 1.165) is 12.0 Å². The molecule has 0 unspecified atom stereocenters. The number of halogens is 1. The maximum atomic E-state index is 12.7. The van der Waals surface area contributed by atoms with Gasteiger partial charge in [-0.25, -0.2) is 9.18 Å². The third kappa shape index (κ3) is 5.01. The minimum atomic E-state index is -0.243. The molecule has 0 aliphatic carbocycles. The fourth-order valence-corrected chi connectivity index (χ4v) is 2.50. The molecule has 2 aromatic rings. The number of hydrogen-bond acceptors (Lipinski definition) is 2. The van der Waals surface area contributed by atoms with Crippen molar-refractivity contribution in [2.45, 2.75) is 12.8 Å². The van der Waals surface area contributed by atoms with Gasteiger partial charge in [0.05, 0.1) is 0 Å². The number of carbonyl (C=O) groups is 1. The number of urea groups is 1. The summed E-state index contributed by atoms with van der Waals surface area (Å²) in [6.45, 7) is 1.17. The summed E-state index contributed by atoms with van der Waals surface area (Å²) >= 11 is 1.69. The predicted molar refractivity (Wildman–Crippen MR) is 79.5 cm³/mol. The molecule has 3 nitrogen and oxygen atoms in total. The van der Waals surface area contributed by atoms with E-state index >= 15 is 0 Å². The van der Waals surface area contributed by atoms with Crippen molar-refractivity contribution in [3.63, 3.8) is 0 Å². The second kappa shape index (κ2) is 7.65. The number of nitrogens with one attached hydrogen (secondary N) is 2. The molecule has 0 fully saturated rings. The van der Waals surface area contributed by atoms with Crippen LogP contribution in [-0.2, 0) is 12.8 Å². The minimum absolute atomic E-state index is 0.163. The van der Waals surface area contributed by atoms with Crippen molar-refractivity contribution in [3.8, 4) is 0 Å². The quantitative estimate of drug-likeness (QED) is 0.844. The van der Waals surface area contributed by atoms with Crippen LogP contribution in [0.25, 0.3) is 0 Å². The van der Waals surface area contributed by atoms with E-state index in [1.54, 1.807) is 23.5 Å². The fourth-order valence-electron chi connectivity index (χ4n) is 1.79. The Kier molecular flexibility index (Phi) is 5.55. The van der Waals surface area contributed by atoms with Gasteiger partial charge in [0.15, 0.2) is 0 Å². The molecule has 0 saturated heterocycles. The van der Waals surface area contributed by atoms with Crippen LogP contribution < -0.4 is 10.6 Å². The van der Waals surface area contributed by atoms with E-state index in [1.807, 2.05) is 11.4 Å². The number of amides is 2. The van der Waals surface area contributed by atoms with Gasteiger partial charge in [-0.2, -0.15) is 0 Å². The molecule has 0 radical (unpaired) electrons. The van der Waals surface area contributed by atoms with Crippen molar-refractivity contribution in [2.75, 3.05) is 13.1 Å². The van der Waals surface area contributed by atoms with E-state index in [0.29, 0.717) is 19.5 Å². The highest BCUT2D eigenvalue weighted by atomic mass is 32.1. The van der Waals surface area contributed by atoms with Gasteiger partial charge in [-0.1, -0.05) is 18.2 Å². The molecule has 20 heavy (non-hydrogen) atoms. The molecule has 1 aromatic carbocycles. The fraction of sp³-hybridized carbons (Fsp3) is 0.267. The number of carbonyl (C=O) groups excluding carboxylic acids is 1. The summed E-state index contributed by atoms with van der Waals surface area (Å²) in [5, 5.41) is 7.62. The molecule has 0 bridgehead atoms. The van der Waals surface area contributed by atoms with Gasteiger partial charge in [0, 0.05) is 18.0 Å². The van der Waals surface area contributed by atoms with Crippen molar-refractivity contribution in [1.29, 1.82) is 0 Å². The van der Waals surface area contributed by atoms with E-state index in [4.69, 9.17) is 0 Å². The standard InChI is InChI=1S/C15H17FN2OS/c16-13-5-3-12(4-6-13)7-9-17-15(19)18-10-8-14-2-1-11-20-14/h1-6,11H,7-10H2,(H2,17,18,19). The van der Waals surface area contributed by atoms with Gasteiger partial charge >= 0.3 is 6.03 Å². The number of thiophene rings is 1. The van der Waals surface area contributed by atoms with Crippen molar-refractivity contribution >= 4 is 17.4 Å². The van der Waals surface area contributed by atoms with Crippen molar-refractivity contribution in [2.24, 2.45) is 0 Å². The van der Waals surface area contributed by atoms with Crippen LogP contribution in [0.5, 0.6) is 0 Å². The average molecular weight is 292 g/mol. The Morgan fingerprint density at radius 2 is 1.75 bits per heavy atom. The lowest BCUT2D eigenvalue weighted by Crippen LogP contribution is -2.37. The summed E-state index contributed by atoms with van der Waals surface area (Å²) in [4.78, 5) is 12.8. The first-order chi connectivity index (χ1) is 9.74. The van der Waals surface area contributed by atoms with Crippen molar-refractivity contribution in [1.82, 2.24) is 10.6 Å². The Bertz CT molecular complexity index is 525. The van der Waals surface area contributed by atoms with Crippen molar-refractivity contribution in [3.05, 3.63) is 58.0 Å². The molecule has 2 N–H and O–H groups in total. The van der Waals surface area contributed by atoms with Crippen LogP contribution in [0.15, 0.2) is 41.8 Å². The first-order valence-electron chi connectivity index (χ1n) is 6.52. The van der Waals surface area contributed by atoms with E-state index in [2.05, 4.69) is 16.7 Å². The zero-order valence-corrected chi connectivity index (χ0v) is 11.9. The molecular formula is C15H17FN2OS. The Morgan fingerprint density at radius 3 is 2.40 bits per heavy atom. The Labute approximate surface area is 121 Å². The maximum absolute atomic E-state index is 12.7. The summed E-state index contributed by atoms with van der Waals surface area (Å²) in [7, 11) is 0. The SMILES string of the molecule is O=C(NCCc1ccc(F)cc1)NCCc1cccs1. The molecule has 106 valence electrons. The summed E-state index contributed by atoms with van der Waals surface area (Å²) < 4.78 is 12.7. The van der Waals surface area contributed by atoms with Crippen LogP contribution in [0, 0.1) is 5.82 Å². The van der Waals surface area contributed by atoms with Gasteiger partial charge in [-0.05, 0) is 42.0 Å². The molecule has 2 rings (SSSR count). The number of rotatable bonds is 6. The Hall–Kier alpha value is -1.88. The highest BCUT2D eigenvalue weighted by Gasteiger charge is 2.00. The third-order valence-corrected chi connectivity index (χ3v) is 3.79. The molecule has 0 saturated carbocycles. The lowest BCUT2D eigenvalue weighted by atomic mass is 10.1. The first kappa shape index (κ1) is 14.5. The number of benzene rings is 1. The lowest BCUT2D eigenvalue weighted by molar-refractivity contribution is 0.241. The molecule has 1 heterocycles. The molecule has 0 atom stereocenters. The predicted octanol–water partition coefficient (Wildman–Crippen LogP) is 2.97. The molecule has 0 spiro atoms. The third-order valence-electron chi connectivity index (χ3n) is 2.85. The molecule has 0 aliphatic rings. The molecular weight excluding hydrogens is 275 g/mol. The van der Waals surface area contributed by atoms with Crippen LogP contribution in [0.3, 0.4) is 0 Å². The highest BCUT2D eigenvalue weighted by Crippen LogP contribution is 2.08. The first-order valence-corrected chi connectivity index (χ1v) is 7.40. The van der Waals surface area contributed by atoms with Crippen LogP contribution in [0.1, 0.15) is 10.4 Å². The smallest absolute Gasteiger partial charge is 0.314 e. The van der Waals surface area contributed by atoms with E-state index in [9.17, 15) is 9.18 Å². The van der Waals surface area contributed by atoms with E-state index < -0.39 is 0 Å². The second-order valence-electron chi connectivity index (χ2n) is 4.39. The monoisotopic (exact) mass is 292 g/mol. The summed E-state index contributed by atoms with van der Waals surface area (Å²) in [5.74, 6) is -0.243. The van der Waals surface area contributed by atoms with Gasteiger partial charge in [0.1, 0.15) is 5.82 Å². The zero-order valence-electron chi connectivity index (χ0n) is 11.1. The zero-order chi connectivity index (χ0) is 14.2. The highest BCUT2D eigenvalue weighted by molar-refractivity contribution is 7.09. The normalized spacial score (nSPS) is 10.2. The van der Waals surface area contributed by atoms with Gasteiger partial charge in [-0.15, -0.1) is 11.3 Å². The van der Waals surface area contributed by atoms with Crippen molar-refractivity contribution < 1.29 is 9.18 Å². The van der Waals surface area contributed by atoms with Crippen LogP contribution >= 0.6 is 11.3 Å². The van der Waals surface area contributed by atoms with Gasteiger partial charge < -0.3 is 10.6 Å². The molecule has 5 heteroatoms. The Balaban J connectivity index is 1.59. The molecule has 2 amide bonds. The van der Waals surface area contributed by atoms with Gasteiger partial charge in [-0.3, -0.25) is 0 Å².